The van der Waals surface area contributed by atoms with Gasteiger partial charge in [-0.05, 0) is 43.2 Å². The van der Waals surface area contributed by atoms with Crippen LogP contribution in [-0.2, 0) is 6.42 Å². The van der Waals surface area contributed by atoms with E-state index < -0.39 is 4.92 Å². The number of nitrogens with one attached hydrogen (secondary N) is 1. The van der Waals surface area contributed by atoms with E-state index in [4.69, 9.17) is 23.2 Å². The maximum atomic E-state index is 10.8. The number of nitro benzene ring substituents is 1. The summed E-state index contributed by atoms with van der Waals surface area (Å²) in [5, 5.41) is 16.2. The minimum atomic E-state index is -0.427. The molecule has 0 fully saturated rings. The van der Waals surface area contributed by atoms with Crippen molar-refractivity contribution in [1.82, 2.24) is 5.43 Å². The van der Waals surface area contributed by atoms with Crippen molar-refractivity contribution in [3.63, 3.8) is 0 Å². The molecule has 0 bridgehead atoms. The molecule has 3 rings (SSSR count). The van der Waals surface area contributed by atoms with Gasteiger partial charge >= 0.3 is 0 Å². The maximum absolute atomic E-state index is 10.8. The third kappa shape index (κ3) is 3.16. The molecule has 0 amide bonds. The molecular weight excluding hydrogens is 337 g/mol. The van der Waals surface area contributed by atoms with Crippen LogP contribution in [0.25, 0.3) is 0 Å². The van der Waals surface area contributed by atoms with Crippen LogP contribution in [0.1, 0.15) is 23.6 Å². The molecule has 1 N–H and O–H groups in total. The molecule has 23 heavy (non-hydrogen) atoms. The molecule has 1 heterocycles. The van der Waals surface area contributed by atoms with Crippen molar-refractivity contribution in [3.8, 4) is 0 Å². The molecule has 0 aromatic heterocycles. The van der Waals surface area contributed by atoms with Gasteiger partial charge in [0.1, 0.15) is 0 Å². The SMILES string of the molecule is CC1Cc2cc(Cl)c(Cl)cc2C(c2ccc([N+](=O)[O-])cc2)=NN1. The summed E-state index contributed by atoms with van der Waals surface area (Å²) in [4.78, 5) is 10.4. The van der Waals surface area contributed by atoms with Gasteiger partial charge in [-0.2, -0.15) is 5.10 Å². The second-order valence-electron chi connectivity index (χ2n) is 5.42. The molecular formula is C16H13Cl2N3O2. The van der Waals surface area contributed by atoms with Gasteiger partial charge < -0.3 is 5.43 Å². The normalized spacial score (nSPS) is 16.8. The lowest BCUT2D eigenvalue weighted by molar-refractivity contribution is -0.384. The van der Waals surface area contributed by atoms with Gasteiger partial charge in [0, 0.05) is 29.3 Å². The first-order valence-corrected chi connectivity index (χ1v) is 7.77. The van der Waals surface area contributed by atoms with Crippen LogP contribution in [0, 0.1) is 10.1 Å². The summed E-state index contributed by atoms with van der Waals surface area (Å²) in [6, 6.07) is 10.1. The molecule has 1 aliphatic rings. The van der Waals surface area contributed by atoms with Gasteiger partial charge in [0.15, 0.2) is 0 Å². The van der Waals surface area contributed by atoms with Crippen LogP contribution in [0.5, 0.6) is 0 Å². The number of nitrogens with zero attached hydrogens (tertiary/aromatic N) is 2. The van der Waals surface area contributed by atoms with E-state index in [9.17, 15) is 10.1 Å². The van der Waals surface area contributed by atoms with E-state index in [1.54, 1.807) is 18.2 Å². The Bertz CT molecular complexity index is 804. The molecule has 2 aromatic carbocycles. The lowest BCUT2D eigenvalue weighted by Gasteiger charge is -2.11. The number of benzene rings is 2. The Morgan fingerprint density at radius 1 is 1.22 bits per heavy atom. The zero-order valence-electron chi connectivity index (χ0n) is 12.2. The van der Waals surface area contributed by atoms with Gasteiger partial charge in [0.05, 0.1) is 20.7 Å². The molecule has 0 aliphatic carbocycles. The Labute approximate surface area is 143 Å². The van der Waals surface area contributed by atoms with E-state index >= 15 is 0 Å². The molecule has 118 valence electrons. The van der Waals surface area contributed by atoms with Crippen LogP contribution in [0.3, 0.4) is 0 Å². The highest BCUT2D eigenvalue weighted by Gasteiger charge is 2.20. The van der Waals surface area contributed by atoms with Gasteiger partial charge in [-0.15, -0.1) is 0 Å². The van der Waals surface area contributed by atoms with Gasteiger partial charge in [-0.25, -0.2) is 0 Å². The average Bonchev–Trinajstić information content (AvgIpc) is 2.67. The van der Waals surface area contributed by atoms with Crippen LogP contribution in [0.4, 0.5) is 5.69 Å². The third-order valence-electron chi connectivity index (χ3n) is 3.68. The lowest BCUT2D eigenvalue weighted by atomic mass is 9.95. The van der Waals surface area contributed by atoms with E-state index in [1.807, 2.05) is 13.0 Å². The van der Waals surface area contributed by atoms with Crippen molar-refractivity contribution in [2.75, 3.05) is 0 Å². The standard InChI is InChI=1S/C16H13Cl2N3O2/c1-9-6-11-7-14(17)15(18)8-13(11)16(20-19-9)10-2-4-12(5-3-10)21(22)23/h2-5,7-9,19H,6H2,1H3. The van der Waals surface area contributed by atoms with E-state index in [0.717, 1.165) is 23.1 Å². The van der Waals surface area contributed by atoms with Crippen LogP contribution < -0.4 is 5.43 Å². The number of non-ortho nitro benzene ring substituents is 1. The van der Waals surface area contributed by atoms with Crippen molar-refractivity contribution >= 4 is 34.6 Å². The molecule has 1 atom stereocenters. The quantitative estimate of drug-likeness (QED) is 0.652. The fourth-order valence-corrected chi connectivity index (χ4v) is 2.90. The first-order valence-electron chi connectivity index (χ1n) is 7.02. The Kier molecular flexibility index (Phi) is 4.24. The Hall–Kier alpha value is -2.11. The van der Waals surface area contributed by atoms with Crippen molar-refractivity contribution in [2.24, 2.45) is 5.10 Å². The first kappa shape index (κ1) is 15.8. The Morgan fingerprint density at radius 2 is 1.87 bits per heavy atom. The van der Waals surface area contributed by atoms with Gasteiger partial charge in [0.2, 0.25) is 0 Å². The van der Waals surface area contributed by atoms with Gasteiger partial charge in [-0.1, -0.05) is 23.2 Å². The van der Waals surface area contributed by atoms with Crippen molar-refractivity contribution < 1.29 is 4.92 Å². The van der Waals surface area contributed by atoms with E-state index in [1.165, 1.54) is 12.1 Å². The van der Waals surface area contributed by atoms with Crippen LogP contribution >= 0.6 is 23.2 Å². The highest BCUT2D eigenvalue weighted by molar-refractivity contribution is 6.42. The fourth-order valence-electron chi connectivity index (χ4n) is 2.55. The van der Waals surface area contributed by atoms with E-state index in [0.29, 0.717) is 15.8 Å². The summed E-state index contributed by atoms with van der Waals surface area (Å²) in [5.41, 5.74) is 6.51. The van der Waals surface area contributed by atoms with E-state index in [2.05, 4.69) is 10.5 Å². The second kappa shape index (κ2) is 6.18. The first-order chi connectivity index (χ1) is 11.0. The summed E-state index contributed by atoms with van der Waals surface area (Å²) >= 11 is 12.3. The van der Waals surface area contributed by atoms with Gasteiger partial charge in [-0.3, -0.25) is 10.1 Å². The molecule has 0 saturated carbocycles. The smallest absolute Gasteiger partial charge is 0.269 e. The summed E-state index contributed by atoms with van der Waals surface area (Å²) in [6.07, 6.45) is 0.756. The molecule has 1 unspecified atom stereocenters. The van der Waals surface area contributed by atoms with E-state index in [-0.39, 0.29) is 11.7 Å². The molecule has 7 heteroatoms. The number of halogens is 2. The number of hydrogen-bond acceptors (Lipinski definition) is 4. The number of rotatable bonds is 2. The molecule has 0 radical (unpaired) electrons. The minimum Gasteiger partial charge on any atom is -0.306 e. The fraction of sp³-hybridized carbons (Fsp3) is 0.188. The average molecular weight is 350 g/mol. The van der Waals surface area contributed by atoms with Gasteiger partial charge in [0.25, 0.3) is 5.69 Å². The molecule has 5 nitrogen and oxygen atoms in total. The van der Waals surface area contributed by atoms with Crippen molar-refractivity contribution in [3.05, 3.63) is 73.2 Å². The number of nitro groups is 1. The molecule has 0 spiro atoms. The topological polar surface area (TPSA) is 67.5 Å². The predicted octanol–water partition coefficient (Wildman–Crippen LogP) is 4.19. The number of hydrogen-bond donors (Lipinski definition) is 1. The monoisotopic (exact) mass is 349 g/mol. The minimum absolute atomic E-state index is 0.0404. The Balaban J connectivity index is 2.12. The summed E-state index contributed by atoms with van der Waals surface area (Å²) in [5.74, 6) is 0. The largest absolute Gasteiger partial charge is 0.306 e. The molecule has 2 aromatic rings. The van der Waals surface area contributed by atoms with Crippen molar-refractivity contribution in [2.45, 2.75) is 19.4 Å². The highest BCUT2D eigenvalue weighted by Crippen LogP contribution is 2.30. The zero-order chi connectivity index (χ0) is 16.6. The van der Waals surface area contributed by atoms with Crippen LogP contribution in [0.15, 0.2) is 41.5 Å². The highest BCUT2D eigenvalue weighted by atomic mass is 35.5. The maximum Gasteiger partial charge on any atom is 0.269 e. The van der Waals surface area contributed by atoms with Crippen molar-refractivity contribution in [1.29, 1.82) is 0 Å². The molecule has 0 saturated heterocycles. The number of fused-ring (bicyclic) bond motifs is 1. The summed E-state index contributed by atoms with van der Waals surface area (Å²) < 4.78 is 0. The summed E-state index contributed by atoms with van der Waals surface area (Å²) in [7, 11) is 0. The lowest BCUT2D eigenvalue weighted by Crippen LogP contribution is -2.21. The second-order valence-corrected chi connectivity index (χ2v) is 6.24. The number of hydrazone groups is 1. The predicted molar refractivity (Wildman–Crippen MR) is 91.5 cm³/mol. The Morgan fingerprint density at radius 3 is 2.52 bits per heavy atom. The molecule has 1 aliphatic heterocycles. The van der Waals surface area contributed by atoms with Crippen LogP contribution in [-0.4, -0.2) is 16.7 Å². The third-order valence-corrected chi connectivity index (χ3v) is 4.40. The van der Waals surface area contributed by atoms with Crippen LogP contribution in [0.2, 0.25) is 10.0 Å². The summed E-state index contributed by atoms with van der Waals surface area (Å²) in [6.45, 7) is 2.02. The zero-order valence-corrected chi connectivity index (χ0v) is 13.7.